The van der Waals surface area contributed by atoms with Gasteiger partial charge in [0, 0.05) is 27.6 Å². The summed E-state index contributed by atoms with van der Waals surface area (Å²) >= 11 is 0. The first kappa shape index (κ1) is 34.7. The molecule has 8 aromatic carbocycles. The van der Waals surface area contributed by atoms with E-state index in [1.807, 2.05) is 24.3 Å². The van der Waals surface area contributed by atoms with Gasteiger partial charge >= 0.3 is 0 Å². The third-order valence-electron chi connectivity index (χ3n) is 12.8. The molecule has 60 heavy (non-hydrogen) atoms. The van der Waals surface area contributed by atoms with Gasteiger partial charge in [0.1, 0.15) is 12.0 Å². The fraction of sp³-hybridized carbons (Fsp3) is 0.107. The predicted octanol–water partition coefficient (Wildman–Crippen LogP) is 13.4. The molecule has 2 heterocycles. The third kappa shape index (κ3) is 5.82. The Kier molecular flexibility index (Phi) is 8.06. The molecule has 1 aliphatic heterocycles. The maximum absolute atomic E-state index is 5.16. The molecule has 286 valence electrons. The van der Waals surface area contributed by atoms with Crippen molar-refractivity contribution in [3.8, 4) is 39.1 Å². The topological polar surface area (TPSA) is 41.7 Å². The summed E-state index contributed by atoms with van der Waals surface area (Å²) in [6, 6.07) is 66.3. The molecule has 2 aliphatic carbocycles. The van der Waals surface area contributed by atoms with Gasteiger partial charge in [0.2, 0.25) is 0 Å². The number of fused-ring (bicyclic) bond motifs is 6. The Morgan fingerprint density at radius 3 is 1.90 bits per heavy atom. The standard InChI is InChI=1S/C56H42N4/c1-35-31-43(60-51-21-10-8-17-49(51)50-18-9-11-22-52(50)60)27-30-44(35)53-47(36-23-24-36)19-12-20-48(53)39-25-28-45-41(32-39)34-42-33-40(26-29-46(42)45)56-58-54(37-13-4-2-5-14-37)57-55(59-56)38-15-6-3-7-16-38/h2-22,25-33,36,56H,23-24,34H2,1H3,(H,57,58,59). The van der Waals surface area contributed by atoms with E-state index in [4.69, 9.17) is 9.98 Å². The highest BCUT2D eigenvalue weighted by Crippen LogP contribution is 2.49. The Bertz CT molecular complexity index is 3170. The molecular weight excluding hydrogens is 729 g/mol. The van der Waals surface area contributed by atoms with Gasteiger partial charge in [-0.05, 0) is 118 Å². The Hall–Kier alpha value is -7.30. The van der Waals surface area contributed by atoms with Crippen LogP contribution in [0.1, 0.15) is 63.9 Å². The number of nitrogens with one attached hydrogen (secondary N) is 1. The lowest BCUT2D eigenvalue weighted by Gasteiger charge is -2.24. The molecule has 1 unspecified atom stereocenters. The molecule has 12 rings (SSSR count). The smallest absolute Gasteiger partial charge is 0.159 e. The largest absolute Gasteiger partial charge is 0.344 e. The molecule has 0 amide bonds. The van der Waals surface area contributed by atoms with E-state index < -0.39 is 0 Å². The maximum Gasteiger partial charge on any atom is 0.159 e. The number of aromatic nitrogens is 1. The zero-order chi connectivity index (χ0) is 39.7. The molecule has 1 fully saturated rings. The summed E-state index contributed by atoms with van der Waals surface area (Å²) in [4.78, 5) is 10.2. The zero-order valence-corrected chi connectivity index (χ0v) is 33.4. The number of para-hydroxylation sites is 2. The number of benzene rings is 8. The summed E-state index contributed by atoms with van der Waals surface area (Å²) in [5, 5.41) is 6.24. The third-order valence-corrected chi connectivity index (χ3v) is 12.8. The van der Waals surface area contributed by atoms with Crippen molar-refractivity contribution in [2.45, 2.75) is 38.3 Å². The van der Waals surface area contributed by atoms with Crippen molar-refractivity contribution in [3.63, 3.8) is 0 Å². The van der Waals surface area contributed by atoms with Crippen molar-refractivity contribution in [1.29, 1.82) is 0 Å². The number of hydrogen-bond acceptors (Lipinski definition) is 3. The van der Waals surface area contributed by atoms with Crippen LogP contribution in [0.4, 0.5) is 0 Å². The van der Waals surface area contributed by atoms with E-state index >= 15 is 0 Å². The highest BCUT2D eigenvalue weighted by Gasteiger charge is 2.30. The van der Waals surface area contributed by atoms with Crippen LogP contribution in [-0.2, 0) is 6.42 Å². The van der Waals surface area contributed by atoms with Crippen LogP contribution in [0.2, 0.25) is 0 Å². The summed E-state index contributed by atoms with van der Waals surface area (Å²) in [7, 11) is 0. The van der Waals surface area contributed by atoms with Gasteiger partial charge in [-0.1, -0.05) is 158 Å². The van der Waals surface area contributed by atoms with Crippen LogP contribution in [-0.4, -0.2) is 16.2 Å². The maximum atomic E-state index is 5.16. The lowest BCUT2D eigenvalue weighted by atomic mass is 9.86. The summed E-state index contributed by atoms with van der Waals surface area (Å²) in [5.74, 6) is 2.19. The second-order valence-electron chi connectivity index (χ2n) is 16.6. The Morgan fingerprint density at radius 2 is 1.18 bits per heavy atom. The second-order valence-corrected chi connectivity index (χ2v) is 16.6. The zero-order valence-electron chi connectivity index (χ0n) is 33.4. The van der Waals surface area contributed by atoms with E-state index in [0.717, 1.165) is 34.8 Å². The van der Waals surface area contributed by atoms with Gasteiger partial charge in [-0.25, -0.2) is 9.98 Å². The molecule has 0 spiro atoms. The van der Waals surface area contributed by atoms with Gasteiger partial charge in [-0.3, -0.25) is 0 Å². The van der Waals surface area contributed by atoms with Gasteiger partial charge in [0.25, 0.3) is 0 Å². The fourth-order valence-electron chi connectivity index (χ4n) is 9.76. The summed E-state index contributed by atoms with van der Waals surface area (Å²) in [6.07, 6.45) is 3.14. The molecule has 0 radical (unpaired) electrons. The van der Waals surface area contributed by atoms with Crippen molar-refractivity contribution >= 4 is 33.5 Å². The van der Waals surface area contributed by atoms with Crippen molar-refractivity contribution in [3.05, 3.63) is 221 Å². The molecule has 0 bridgehead atoms. The van der Waals surface area contributed by atoms with E-state index in [9.17, 15) is 0 Å². The first-order chi connectivity index (χ1) is 29.6. The molecule has 1 aromatic heterocycles. The van der Waals surface area contributed by atoms with E-state index in [0.29, 0.717) is 5.92 Å². The van der Waals surface area contributed by atoms with Crippen molar-refractivity contribution in [1.82, 2.24) is 9.88 Å². The Morgan fingerprint density at radius 1 is 0.533 bits per heavy atom. The van der Waals surface area contributed by atoms with Crippen LogP contribution in [0.3, 0.4) is 0 Å². The quantitative estimate of drug-likeness (QED) is 0.172. The van der Waals surface area contributed by atoms with E-state index in [2.05, 4.69) is 175 Å². The van der Waals surface area contributed by atoms with Crippen LogP contribution in [0.25, 0.3) is 60.9 Å². The minimum atomic E-state index is -0.255. The number of rotatable bonds is 7. The molecule has 1 atom stereocenters. The SMILES string of the molecule is Cc1cc(-n2c3ccccc3c3ccccc32)ccc1-c1c(-c2ccc3c(c2)Cc2cc(C4N=C(c5ccccc5)N=C(c5ccccc5)N4)ccc2-3)cccc1C1CC1. The van der Waals surface area contributed by atoms with E-state index in [1.165, 1.54) is 96.0 Å². The van der Waals surface area contributed by atoms with Crippen molar-refractivity contribution in [2.75, 3.05) is 0 Å². The Balaban J connectivity index is 0.898. The average molecular weight is 771 g/mol. The van der Waals surface area contributed by atoms with Crippen LogP contribution in [0.15, 0.2) is 192 Å². The molecule has 3 aliphatic rings. The highest BCUT2D eigenvalue weighted by molar-refractivity contribution is 6.13. The van der Waals surface area contributed by atoms with Gasteiger partial charge in [-0.15, -0.1) is 0 Å². The number of aryl methyl sites for hydroxylation is 1. The Labute approximate surface area is 350 Å². The lowest BCUT2D eigenvalue weighted by Crippen LogP contribution is -2.33. The van der Waals surface area contributed by atoms with Gasteiger partial charge in [0.05, 0.1) is 11.0 Å². The van der Waals surface area contributed by atoms with Gasteiger partial charge in [-0.2, -0.15) is 0 Å². The first-order valence-electron chi connectivity index (χ1n) is 21.2. The van der Waals surface area contributed by atoms with Crippen molar-refractivity contribution in [2.24, 2.45) is 9.98 Å². The summed E-state index contributed by atoms with van der Waals surface area (Å²) in [5.41, 5.74) is 20.3. The summed E-state index contributed by atoms with van der Waals surface area (Å²) in [6.45, 7) is 2.29. The first-order valence-corrected chi connectivity index (χ1v) is 21.2. The molecule has 4 heteroatoms. The van der Waals surface area contributed by atoms with Gasteiger partial charge in [0.15, 0.2) is 5.84 Å². The molecule has 1 N–H and O–H groups in total. The van der Waals surface area contributed by atoms with Crippen molar-refractivity contribution < 1.29 is 0 Å². The number of nitrogens with zero attached hydrogens (tertiary/aromatic N) is 3. The molecule has 1 saturated carbocycles. The average Bonchev–Trinajstić information content (AvgIpc) is 4.02. The minimum Gasteiger partial charge on any atom is -0.344 e. The van der Waals surface area contributed by atoms with Crippen LogP contribution < -0.4 is 5.32 Å². The normalized spacial score (nSPS) is 15.7. The predicted molar refractivity (Wildman–Crippen MR) is 248 cm³/mol. The number of hydrogen-bond donors (Lipinski definition) is 1. The summed E-state index contributed by atoms with van der Waals surface area (Å²) < 4.78 is 2.42. The van der Waals surface area contributed by atoms with Gasteiger partial charge < -0.3 is 9.88 Å². The second kappa shape index (κ2) is 13.9. The molecule has 9 aromatic rings. The molecule has 0 saturated heterocycles. The molecular formula is C56H42N4. The molecule has 4 nitrogen and oxygen atoms in total. The number of aliphatic imine (C=N–C) groups is 2. The highest BCUT2D eigenvalue weighted by atomic mass is 15.2. The minimum absolute atomic E-state index is 0.255. The fourth-order valence-corrected chi connectivity index (χ4v) is 9.76. The van der Waals surface area contributed by atoms with Crippen LogP contribution in [0.5, 0.6) is 0 Å². The lowest BCUT2D eigenvalue weighted by molar-refractivity contribution is 0.673. The van der Waals surface area contributed by atoms with E-state index in [-0.39, 0.29) is 6.17 Å². The van der Waals surface area contributed by atoms with E-state index in [1.54, 1.807) is 0 Å². The number of amidine groups is 2. The van der Waals surface area contributed by atoms with Crippen LogP contribution >= 0.6 is 0 Å². The monoisotopic (exact) mass is 770 g/mol. The van der Waals surface area contributed by atoms with Crippen LogP contribution in [0, 0.1) is 6.92 Å².